The number of rotatable bonds is 15. The largest absolute Gasteiger partial charge is 0.388 e. The van der Waals surface area contributed by atoms with Gasteiger partial charge in [-0.15, -0.1) is 0 Å². The summed E-state index contributed by atoms with van der Waals surface area (Å²) in [7, 11) is 3.35. The van der Waals surface area contributed by atoms with E-state index in [9.17, 15) is 14.4 Å². The van der Waals surface area contributed by atoms with Crippen LogP contribution in [0.3, 0.4) is 0 Å². The van der Waals surface area contributed by atoms with Crippen LogP contribution in [0.1, 0.15) is 70.4 Å². The summed E-state index contributed by atoms with van der Waals surface area (Å²) in [6, 6.07) is 16.0. The van der Waals surface area contributed by atoms with Crippen LogP contribution < -0.4 is 21.3 Å². The lowest BCUT2D eigenvalue weighted by Crippen LogP contribution is -2.60. The van der Waals surface area contributed by atoms with Crippen LogP contribution in [0, 0.1) is 0 Å². The number of ether oxygens (including phenoxy) is 1. The number of oxime groups is 1. The number of Topliss-reactive ketones (excluding diaryl/α,β-unsaturated/α-hetero) is 1. The average Bonchev–Trinajstić information content (AvgIpc) is 3.76. The van der Waals surface area contributed by atoms with E-state index < -0.39 is 52.8 Å². The summed E-state index contributed by atoms with van der Waals surface area (Å²) in [4.78, 5) is 63.2. The minimum atomic E-state index is -1.10. The van der Waals surface area contributed by atoms with Gasteiger partial charge in [0.15, 0.2) is 5.60 Å². The Morgan fingerprint density at radius 2 is 1.85 bits per heavy atom. The lowest BCUT2D eigenvalue weighted by Gasteiger charge is -2.38. The van der Waals surface area contributed by atoms with E-state index >= 15 is 4.79 Å². The standard InChI is InChI=1S/C41H49ClN6O6/c1-7-11-31(35(49)38(51)45-28-17-18-28)46-37(50)33-22-41(21-32(47-54-41)26-13-10-14-27(42)20-26)23-48(33)39(52)36(40(3,4)53-6)44-24(2)34-29-15-9-8-12-25(29)16-19-30(34)43-5/h8-10,12-16,19-20,28,31,33,36,43-44H,2,7,11,17-18,21-23H2,1,3-6H3,(H,45,51)(H,46,50)/t31-,33-,36+,41+/m0/s1. The SMILES string of the molecule is C=C(N[C@H](C(=O)N1C[C@@]2(CC(c3cccc(Cl)c3)=NO2)C[C@H]1C(=O)N[C@@H](CCC)C(=O)C(=O)NC1CC1)C(C)(C)OC)c1c(NC)ccc2ccccc12. The zero-order chi connectivity index (χ0) is 38.8. The second-order valence-corrected chi connectivity index (χ2v) is 15.4. The number of hydrogen-bond acceptors (Lipinski definition) is 9. The molecule has 0 unspecified atom stereocenters. The molecule has 3 aliphatic rings. The highest BCUT2D eigenvalue weighted by Gasteiger charge is 2.56. The second-order valence-electron chi connectivity index (χ2n) is 15.0. The molecule has 2 aliphatic heterocycles. The van der Waals surface area contributed by atoms with Crippen LogP contribution >= 0.6 is 11.6 Å². The summed E-state index contributed by atoms with van der Waals surface area (Å²) in [5.74, 6) is -2.43. The maximum Gasteiger partial charge on any atom is 0.289 e. The first-order valence-corrected chi connectivity index (χ1v) is 18.8. The van der Waals surface area contributed by atoms with Crippen molar-refractivity contribution >= 4 is 63.0 Å². The number of carbonyl (C=O) groups is 4. The third kappa shape index (κ3) is 8.09. The van der Waals surface area contributed by atoms with Crippen molar-refractivity contribution in [3.05, 3.63) is 83.4 Å². The average molecular weight is 757 g/mol. The normalized spacial score (nSPS) is 20.5. The second kappa shape index (κ2) is 15.8. The zero-order valence-electron chi connectivity index (χ0n) is 31.5. The number of hydrogen-bond donors (Lipinski definition) is 4. The van der Waals surface area contributed by atoms with Gasteiger partial charge in [0.1, 0.15) is 12.1 Å². The Morgan fingerprint density at radius 3 is 2.54 bits per heavy atom. The first-order chi connectivity index (χ1) is 25.8. The molecule has 2 heterocycles. The Balaban J connectivity index is 1.33. The molecule has 13 heteroatoms. The molecule has 1 saturated carbocycles. The minimum absolute atomic E-state index is 0.0168. The van der Waals surface area contributed by atoms with Gasteiger partial charge in [0, 0.05) is 60.6 Å². The smallest absolute Gasteiger partial charge is 0.289 e. The molecule has 4 atom stereocenters. The van der Waals surface area contributed by atoms with Crippen molar-refractivity contribution in [2.75, 3.05) is 26.0 Å². The molecule has 286 valence electrons. The number of likely N-dealkylation sites (tertiary alicyclic amines) is 1. The summed E-state index contributed by atoms with van der Waals surface area (Å²) in [5, 5.41) is 19.1. The van der Waals surface area contributed by atoms with Crippen LogP contribution in [-0.2, 0) is 28.8 Å². The van der Waals surface area contributed by atoms with Gasteiger partial charge in [0.2, 0.25) is 17.6 Å². The van der Waals surface area contributed by atoms with Gasteiger partial charge in [-0.05, 0) is 62.1 Å². The summed E-state index contributed by atoms with van der Waals surface area (Å²) in [6.45, 7) is 9.87. The molecule has 0 aromatic heterocycles. The van der Waals surface area contributed by atoms with Crippen molar-refractivity contribution in [2.45, 2.75) is 94.7 Å². The number of nitrogens with one attached hydrogen (secondary N) is 4. The monoisotopic (exact) mass is 756 g/mol. The third-order valence-electron chi connectivity index (χ3n) is 10.6. The number of benzene rings is 3. The number of fused-ring (bicyclic) bond motifs is 1. The van der Waals surface area contributed by atoms with Crippen LogP contribution in [0.25, 0.3) is 16.5 Å². The highest BCUT2D eigenvalue weighted by molar-refractivity contribution is 6.38. The van der Waals surface area contributed by atoms with Crippen molar-refractivity contribution in [1.82, 2.24) is 20.9 Å². The molecule has 1 saturated heterocycles. The Hall–Kier alpha value is -4.94. The predicted molar refractivity (Wildman–Crippen MR) is 210 cm³/mol. The first kappa shape index (κ1) is 38.8. The van der Waals surface area contributed by atoms with Crippen LogP contribution in [0.5, 0.6) is 0 Å². The Kier molecular flexibility index (Phi) is 11.3. The quantitative estimate of drug-likeness (QED) is 0.155. The van der Waals surface area contributed by atoms with Crippen molar-refractivity contribution in [3.8, 4) is 0 Å². The van der Waals surface area contributed by atoms with E-state index in [1.807, 2.05) is 62.5 Å². The van der Waals surface area contributed by atoms with Gasteiger partial charge in [-0.1, -0.05) is 79.1 Å². The first-order valence-electron chi connectivity index (χ1n) is 18.5. The molecule has 1 spiro atoms. The Labute approximate surface area is 321 Å². The van der Waals surface area contributed by atoms with Crippen molar-refractivity contribution < 1.29 is 28.8 Å². The molecule has 2 fully saturated rings. The molecule has 6 rings (SSSR count). The van der Waals surface area contributed by atoms with E-state index in [-0.39, 0.29) is 25.4 Å². The van der Waals surface area contributed by atoms with E-state index in [0.29, 0.717) is 29.3 Å². The fraction of sp³-hybridized carbons (Fsp3) is 0.439. The van der Waals surface area contributed by atoms with Gasteiger partial charge in [-0.3, -0.25) is 19.2 Å². The van der Waals surface area contributed by atoms with E-state index in [2.05, 4.69) is 33.0 Å². The van der Waals surface area contributed by atoms with Crippen LogP contribution in [0.15, 0.2) is 72.4 Å². The van der Waals surface area contributed by atoms with Gasteiger partial charge in [0.05, 0.1) is 23.9 Å². The van der Waals surface area contributed by atoms with E-state index in [0.717, 1.165) is 40.4 Å². The Bertz CT molecular complexity index is 2000. The molecule has 0 bridgehead atoms. The predicted octanol–water partition coefficient (Wildman–Crippen LogP) is 5.19. The van der Waals surface area contributed by atoms with E-state index in [4.69, 9.17) is 21.2 Å². The van der Waals surface area contributed by atoms with Gasteiger partial charge in [-0.25, -0.2) is 0 Å². The molecule has 1 aliphatic carbocycles. The maximum atomic E-state index is 15.1. The fourth-order valence-corrected chi connectivity index (χ4v) is 7.48. The van der Waals surface area contributed by atoms with Gasteiger partial charge < -0.3 is 35.7 Å². The number of halogens is 1. The molecule has 54 heavy (non-hydrogen) atoms. The highest BCUT2D eigenvalue weighted by atomic mass is 35.5. The molecule has 12 nitrogen and oxygen atoms in total. The molecule has 4 N–H and O–H groups in total. The topological polar surface area (TPSA) is 150 Å². The molecule has 3 amide bonds. The summed E-state index contributed by atoms with van der Waals surface area (Å²) in [5.41, 5.74) is 1.35. The molecule has 3 aromatic carbocycles. The highest BCUT2D eigenvalue weighted by Crippen LogP contribution is 2.40. The molecule has 3 aromatic rings. The fourth-order valence-electron chi connectivity index (χ4n) is 7.29. The number of ketones is 1. The number of anilines is 1. The molecular formula is C41H49ClN6O6. The van der Waals surface area contributed by atoms with Crippen LogP contribution in [0.2, 0.25) is 5.02 Å². The lowest BCUT2D eigenvalue weighted by atomic mass is 9.91. The van der Waals surface area contributed by atoms with E-state index in [1.54, 1.807) is 26.0 Å². The number of nitrogens with zero attached hydrogens (tertiary/aromatic N) is 2. The lowest BCUT2D eigenvalue weighted by molar-refractivity contribution is -0.146. The van der Waals surface area contributed by atoms with E-state index in [1.165, 1.54) is 12.0 Å². The van der Waals surface area contributed by atoms with Gasteiger partial charge in [0.25, 0.3) is 5.91 Å². The van der Waals surface area contributed by atoms with Crippen molar-refractivity contribution in [1.29, 1.82) is 0 Å². The number of carbonyl (C=O) groups excluding carboxylic acids is 4. The number of amides is 3. The summed E-state index contributed by atoms with van der Waals surface area (Å²) < 4.78 is 5.93. The van der Waals surface area contributed by atoms with Crippen LogP contribution in [-0.4, -0.2) is 90.2 Å². The van der Waals surface area contributed by atoms with Gasteiger partial charge >= 0.3 is 0 Å². The number of methoxy groups -OCH3 is 1. The van der Waals surface area contributed by atoms with Crippen molar-refractivity contribution in [2.24, 2.45) is 5.16 Å². The maximum absolute atomic E-state index is 15.1. The minimum Gasteiger partial charge on any atom is -0.388 e. The van der Waals surface area contributed by atoms with Gasteiger partial charge in [-0.2, -0.15) is 0 Å². The van der Waals surface area contributed by atoms with Crippen molar-refractivity contribution in [3.63, 3.8) is 0 Å². The zero-order valence-corrected chi connectivity index (χ0v) is 32.2. The summed E-state index contributed by atoms with van der Waals surface area (Å²) >= 11 is 6.30. The summed E-state index contributed by atoms with van der Waals surface area (Å²) in [6.07, 6.45) is 2.84. The Morgan fingerprint density at radius 1 is 1.09 bits per heavy atom. The third-order valence-corrected chi connectivity index (χ3v) is 10.9. The van der Waals surface area contributed by atoms with Crippen LogP contribution in [0.4, 0.5) is 5.69 Å². The molecule has 0 radical (unpaired) electrons. The molecular weight excluding hydrogens is 708 g/mol.